The van der Waals surface area contributed by atoms with Gasteiger partial charge in [-0.05, 0) is 0 Å². The summed E-state index contributed by atoms with van der Waals surface area (Å²) in [6.07, 6.45) is 0. The van der Waals surface area contributed by atoms with Gasteiger partial charge in [0.05, 0.1) is 0 Å². The molecule has 0 amide bonds. The van der Waals surface area contributed by atoms with E-state index >= 15 is 0 Å². The molecule has 1 nitrogen and oxygen atoms in total. The number of alkyl halides is 2. The van der Waals surface area contributed by atoms with E-state index < -0.39 is 15.8 Å². The molecule has 0 atom stereocenters. The Hall–Kier alpha value is 1.42. The van der Waals surface area contributed by atoms with Crippen LogP contribution >= 0.6 is 34.5 Å². The Morgan fingerprint density at radius 1 is 1.71 bits per heavy atom. The van der Waals surface area contributed by atoms with Crippen molar-refractivity contribution in [1.82, 2.24) is 5.32 Å². The van der Waals surface area contributed by atoms with Gasteiger partial charge < -0.3 is 0 Å². The number of nitrogens with one attached hydrogen (secondary N) is 1. The zero-order valence-electron chi connectivity index (χ0n) is 4.67. The molecule has 0 aromatic heterocycles. The van der Waals surface area contributed by atoms with Crippen LogP contribution in [-0.2, 0) is 0 Å². The van der Waals surface area contributed by atoms with Crippen LogP contribution in [0.2, 0.25) is 0 Å². The molecule has 0 fully saturated rings. The number of rotatable bonds is 3. The molecule has 3 heteroatoms. The molecule has 0 spiro atoms. The van der Waals surface area contributed by atoms with Gasteiger partial charge in [0, 0.05) is 0 Å². The van der Waals surface area contributed by atoms with Crippen molar-refractivity contribution in [2.24, 2.45) is 0 Å². The Morgan fingerprint density at radius 3 is 2.43 bits per heavy atom. The van der Waals surface area contributed by atoms with Gasteiger partial charge in [-0.2, -0.15) is 0 Å². The normalized spacial score (nSPS) is 11.6. The Bertz CT molecular complexity index is 38.7. The average Bonchev–Trinajstić information content (AvgIpc) is 1.61. The molecule has 1 N–H and O–H groups in total. The zero-order chi connectivity index (χ0) is 5.70. The summed E-state index contributed by atoms with van der Waals surface area (Å²) in [7, 11) is 2.01. The zero-order valence-corrected chi connectivity index (χ0v) is 8.99. The molecule has 0 aliphatic rings. The van der Waals surface area contributed by atoms with Crippen molar-refractivity contribution in [1.29, 1.82) is 0 Å². The maximum absolute atomic E-state index is 3.13. The van der Waals surface area contributed by atoms with Crippen molar-refractivity contribution in [2.75, 3.05) is 23.0 Å². The van der Waals surface area contributed by atoms with Crippen LogP contribution in [0.25, 0.3) is 0 Å². The fraction of sp³-hybridized carbons (Fsp3) is 1.00. The average molecular weight is 327 g/mol. The van der Waals surface area contributed by atoms with Gasteiger partial charge in [0.25, 0.3) is 0 Å². The molecule has 0 heterocycles. The number of hydrogen-bond acceptors (Lipinski definition) is 1. The van der Waals surface area contributed by atoms with E-state index in [1.807, 2.05) is 7.05 Å². The predicted molar refractivity (Wildman–Crippen MR) is 52.8 cm³/mol. The number of hydrogen-bond donors (Lipinski definition) is 1. The van der Waals surface area contributed by atoms with Gasteiger partial charge in [0.1, 0.15) is 0 Å². The Morgan fingerprint density at radius 2 is 2.29 bits per heavy atom. The van der Waals surface area contributed by atoms with Crippen molar-refractivity contribution in [2.45, 2.75) is 0 Å². The third-order valence-corrected chi connectivity index (χ3v) is 5.37. The van der Waals surface area contributed by atoms with Gasteiger partial charge in [-0.25, -0.2) is 0 Å². The fourth-order valence-corrected chi connectivity index (χ4v) is 2.87. The second-order valence-corrected chi connectivity index (χ2v) is 14.6. The monoisotopic (exact) mass is 327 g/mol. The topological polar surface area (TPSA) is 12.0 Å². The molecular weight excluding hydrogens is 316 g/mol. The van der Waals surface area contributed by atoms with Crippen LogP contribution in [0.3, 0.4) is 0 Å². The third-order valence-electron chi connectivity index (χ3n) is 0.605. The maximum atomic E-state index is 3.13. The first-order valence-electron chi connectivity index (χ1n) is 2.14. The first-order chi connectivity index (χ1) is 3.27. The van der Waals surface area contributed by atoms with Gasteiger partial charge in [-0.15, -0.1) is 0 Å². The predicted octanol–water partition coefficient (Wildman–Crippen LogP) is 1.69. The van der Waals surface area contributed by atoms with E-state index in [9.17, 15) is 0 Å². The second kappa shape index (κ2) is 5.55. The first kappa shape index (κ1) is 8.42. The molecular formula is C4H11I2N. The minimum absolute atomic E-state index is 0.420. The van der Waals surface area contributed by atoms with Crippen LogP contribution in [-0.4, -0.2) is 23.0 Å². The summed E-state index contributed by atoms with van der Waals surface area (Å²) < 4.78 is 1.43. The molecule has 0 aliphatic heterocycles. The van der Waals surface area contributed by atoms with Crippen LogP contribution in [0.5, 0.6) is 0 Å². The van der Waals surface area contributed by atoms with E-state index in [2.05, 4.69) is 28.9 Å². The SMILES string of the molecule is CNCCI(C)I. The van der Waals surface area contributed by atoms with Gasteiger partial charge in [0.2, 0.25) is 0 Å². The molecule has 0 aromatic rings. The Labute approximate surface area is 62.2 Å². The molecule has 0 rings (SSSR count). The molecule has 0 unspecified atom stereocenters. The van der Waals surface area contributed by atoms with E-state index in [4.69, 9.17) is 0 Å². The van der Waals surface area contributed by atoms with Gasteiger partial charge >= 0.3 is 62.7 Å². The molecule has 46 valence electrons. The minimum atomic E-state index is -0.420. The van der Waals surface area contributed by atoms with Crippen LogP contribution in [0.15, 0.2) is 0 Å². The van der Waals surface area contributed by atoms with E-state index in [1.54, 1.807) is 0 Å². The van der Waals surface area contributed by atoms with E-state index in [1.165, 1.54) is 11.0 Å². The van der Waals surface area contributed by atoms with Crippen molar-refractivity contribution in [3.63, 3.8) is 0 Å². The number of halogens is 2. The molecule has 0 saturated carbocycles. The van der Waals surface area contributed by atoms with Crippen molar-refractivity contribution >= 4 is 34.5 Å². The first-order valence-corrected chi connectivity index (χ1v) is 12.1. The van der Waals surface area contributed by atoms with Crippen molar-refractivity contribution in [3.8, 4) is 0 Å². The van der Waals surface area contributed by atoms with Crippen molar-refractivity contribution < 1.29 is 0 Å². The summed E-state index contributed by atoms with van der Waals surface area (Å²) >= 11 is 2.16. The molecule has 7 heavy (non-hydrogen) atoms. The summed E-state index contributed by atoms with van der Waals surface area (Å²) in [5.74, 6) is 0. The standard InChI is InChI=1S/C4H11I2N/c1-6(5)3-4-7-2/h7H,3-4H2,1-2H3. The summed E-state index contributed by atoms with van der Waals surface area (Å²) in [6, 6.07) is 0. The third kappa shape index (κ3) is 7.42. The fourth-order valence-electron chi connectivity index (χ4n) is 0.225. The van der Waals surface area contributed by atoms with Gasteiger partial charge in [0.15, 0.2) is 0 Å². The Kier molecular flexibility index (Phi) is 6.68. The summed E-state index contributed by atoms with van der Waals surface area (Å²) in [4.78, 5) is 2.38. The second-order valence-electron chi connectivity index (χ2n) is 1.30. The summed E-state index contributed by atoms with van der Waals surface area (Å²) in [6.45, 7) is 1.21. The molecule has 0 saturated heterocycles. The van der Waals surface area contributed by atoms with Crippen molar-refractivity contribution in [3.05, 3.63) is 0 Å². The summed E-state index contributed by atoms with van der Waals surface area (Å²) in [5, 5.41) is 3.13. The van der Waals surface area contributed by atoms with Crippen LogP contribution in [0.1, 0.15) is 0 Å². The van der Waals surface area contributed by atoms with Crippen LogP contribution in [0, 0.1) is 0 Å². The van der Waals surface area contributed by atoms with Gasteiger partial charge in [-0.3, -0.25) is 0 Å². The molecule has 0 aromatic carbocycles. The molecule has 0 bridgehead atoms. The van der Waals surface area contributed by atoms with E-state index in [0.717, 1.165) is 0 Å². The van der Waals surface area contributed by atoms with Crippen LogP contribution in [0.4, 0.5) is 0 Å². The molecule has 0 radical (unpaired) electrons. The van der Waals surface area contributed by atoms with Crippen LogP contribution < -0.4 is 5.32 Å². The molecule has 0 aliphatic carbocycles. The van der Waals surface area contributed by atoms with E-state index in [-0.39, 0.29) is 0 Å². The van der Waals surface area contributed by atoms with Gasteiger partial charge in [-0.1, -0.05) is 0 Å². The van der Waals surface area contributed by atoms with E-state index in [0.29, 0.717) is 0 Å². The quantitative estimate of drug-likeness (QED) is 0.615. The Balaban J connectivity index is 2.68. The summed E-state index contributed by atoms with van der Waals surface area (Å²) in [5.41, 5.74) is 0.